The van der Waals surface area contributed by atoms with Crippen LogP contribution in [0.1, 0.15) is 42.9 Å². The smallest absolute Gasteiger partial charge is 0.122 e. The Hall–Kier alpha value is -1.84. The van der Waals surface area contributed by atoms with Crippen molar-refractivity contribution in [3.05, 3.63) is 65.2 Å². The van der Waals surface area contributed by atoms with Gasteiger partial charge >= 0.3 is 0 Å². The maximum atomic E-state index is 10.4. The molecule has 0 aliphatic carbocycles. The van der Waals surface area contributed by atoms with Crippen LogP contribution in [0.4, 0.5) is 0 Å². The van der Waals surface area contributed by atoms with Crippen molar-refractivity contribution in [2.45, 2.75) is 45.3 Å². The lowest BCUT2D eigenvalue weighted by molar-refractivity contribution is 0.0633. The minimum absolute atomic E-state index is 0.339. The molecule has 0 unspecified atom stereocenters. The molecule has 2 aromatic carbocycles. The molecular weight excluding hydrogens is 310 g/mol. The molecule has 0 saturated heterocycles. The van der Waals surface area contributed by atoms with Gasteiger partial charge in [-0.25, -0.2) is 0 Å². The molecule has 1 aliphatic rings. The molecule has 0 radical (unpaired) electrons. The fourth-order valence-corrected chi connectivity index (χ4v) is 3.49. The minimum Gasteiger partial charge on any atom is -0.491 e. The van der Waals surface area contributed by atoms with E-state index in [2.05, 4.69) is 55.1 Å². The van der Waals surface area contributed by atoms with Crippen LogP contribution in [0.2, 0.25) is 0 Å². The van der Waals surface area contributed by atoms with E-state index in [1.54, 1.807) is 0 Å². The molecular formula is C22H29NO2. The number of aliphatic hydroxyl groups is 1. The first kappa shape index (κ1) is 18.0. The second kappa shape index (κ2) is 8.50. The number of hydrogen-bond donors (Lipinski definition) is 1. The van der Waals surface area contributed by atoms with Crippen LogP contribution in [0.15, 0.2) is 48.5 Å². The number of hydrogen-bond acceptors (Lipinski definition) is 3. The highest BCUT2D eigenvalue weighted by molar-refractivity contribution is 5.36. The fraction of sp³-hybridized carbons (Fsp3) is 0.455. The second-order valence-electron chi connectivity index (χ2n) is 7.07. The van der Waals surface area contributed by atoms with Gasteiger partial charge in [0.25, 0.3) is 0 Å². The zero-order valence-corrected chi connectivity index (χ0v) is 15.3. The Kier molecular flexibility index (Phi) is 6.11. The summed E-state index contributed by atoms with van der Waals surface area (Å²) in [5.41, 5.74) is 4.04. The van der Waals surface area contributed by atoms with Gasteiger partial charge in [0, 0.05) is 19.6 Å². The third-order valence-corrected chi connectivity index (χ3v) is 5.17. The van der Waals surface area contributed by atoms with Crippen LogP contribution in [-0.2, 0) is 13.0 Å². The topological polar surface area (TPSA) is 32.7 Å². The van der Waals surface area contributed by atoms with E-state index in [4.69, 9.17) is 4.74 Å². The molecule has 1 aliphatic heterocycles. The Morgan fingerprint density at radius 2 is 1.80 bits per heavy atom. The minimum atomic E-state index is -0.477. The van der Waals surface area contributed by atoms with Crippen LogP contribution in [-0.4, -0.2) is 35.8 Å². The summed E-state index contributed by atoms with van der Waals surface area (Å²) in [7, 11) is 0. The van der Waals surface area contributed by atoms with E-state index in [1.165, 1.54) is 16.7 Å². The van der Waals surface area contributed by atoms with E-state index >= 15 is 0 Å². The van der Waals surface area contributed by atoms with Crippen molar-refractivity contribution < 1.29 is 9.84 Å². The lowest BCUT2D eigenvalue weighted by Gasteiger charge is -2.30. The number of aliphatic hydroxyl groups excluding tert-OH is 1. The lowest BCUT2D eigenvalue weighted by atomic mass is 9.98. The summed E-state index contributed by atoms with van der Waals surface area (Å²) in [6.07, 6.45) is 1.66. The largest absolute Gasteiger partial charge is 0.491 e. The number of fused-ring (bicyclic) bond motifs is 1. The average Bonchev–Trinajstić information content (AvgIpc) is 2.66. The molecule has 134 valence electrons. The highest BCUT2D eigenvalue weighted by atomic mass is 16.5. The van der Waals surface area contributed by atoms with Crippen molar-refractivity contribution in [1.29, 1.82) is 0 Å². The van der Waals surface area contributed by atoms with Crippen LogP contribution in [0, 0.1) is 0 Å². The molecule has 1 heterocycles. The summed E-state index contributed by atoms with van der Waals surface area (Å²) >= 11 is 0. The highest BCUT2D eigenvalue weighted by Crippen LogP contribution is 2.28. The van der Waals surface area contributed by atoms with Gasteiger partial charge in [0.2, 0.25) is 0 Å². The number of β-amino-alcohol motifs (C(OH)–C–C–N with tert-alkyl or cyclic N) is 1. The summed E-state index contributed by atoms with van der Waals surface area (Å²) < 4.78 is 5.96. The Bertz CT molecular complexity index is 685. The first-order valence-corrected chi connectivity index (χ1v) is 9.36. The van der Waals surface area contributed by atoms with Crippen LogP contribution in [0.5, 0.6) is 5.75 Å². The monoisotopic (exact) mass is 339 g/mol. The van der Waals surface area contributed by atoms with Gasteiger partial charge in [-0.2, -0.15) is 0 Å². The molecule has 2 aromatic rings. The SMILES string of the molecule is CC[C@@H](C)c1ccccc1OC[C@H](O)CN1CCc2ccccc2C1. The number of benzene rings is 2. The van der Waals surface area contributed by atoms with Crippen LogP contribution in [0.25, 0.3) is 0 Å². The van der Waals surface area contributed by atoms with Crippen LogP contribution in [0.3, 0.4) is 0 Å². The van der Waals surface area contributed by atoms with E-state index in [-0.39, 0.29) is 0 Å². The van der Waals surface area contributed by atoms with Crippen molar-refractivity contribution in [1.82, 2.24) is 4.90 Å². The molecule has 0 fully saturated rings. The fourth-order valence-electron chi connectivity index (χ4n) is 3.49. The van der Waals surface area contributed by atoms with Gasteiger partial charge < -0.3 is 9.84 Å². The summed E-state index contributed by atoms with van der Waals surface area (Å²) in [6.45, 7) is 7.30. The molecule has 0 saturated carbocycles. The molecule has 1 N–H and O–H groups in total. The van der Waals surface area contributed by atoms with Crippen molar-refractivity contribution in [3.63, 3.8) is 0 Å². The summed E-state index contributed by atoms with van der Waals surface area (Å²) in [4.78, 5) is 2.32. The standard InChI is InChI=1S/C22H29NO2/c1-3-17(2)21-10-6-7-11-22(21)25-16-20(24)15-23-13-12-18-8-4-5-9-19(18)14-23/h4-11,17,20,24H,3,12-16H2,1-2H3/t17-,20-/m1/s1. The molecule has 25 heavy (non-hydrogen) atoms. The predicted molar refractivity (Wildman–Crippen MR) is 102 cm³/mol. The maximum absolute atomic E-state index is 10.4. The molecule has 0 amide bonds. The first-order chi connectivity index (χ1) is 12.2. The van der Waals surface area contributed by atoms with Gasteiger partial charge in [0.1, 0.15) is 18.5 Å². The molecule has 3 rings (SSSR count). The number of nitrogens with zero attached hydrogens (tertiary/aromatic N) is 1. The number of ether oxygens (including phenoxy) is 1. The third-order valence-electron chi connectivity index (χ3n) is 5.17. The Morgan fingerprint density at radius 3 is 2.60 bits per heavy atom. The van der Waals surface area contributed by atoms with Gasteiger partial charge in [0.05, 0.1) is 0 Å². The quantitative estimate of drug-likeness (QED) is 0.828. The van der Waals surface area contributed by atoms with Gasteiger partial charge in [-0.3, -0.25) is 4.90 Å². The normalized spacial score (nSPS) is 16.9. The Balaban J connectivity index is 1.53. The molecule has 2 atom stereocenters. The van der Waals surface area contributed by atoms with Crippen molar-refractivity contribution in [3.8, 4) is 5.75 Å². The zero-order chi connectivity index (χ0) is 17.6. The second-order valence-corrected chi connectivity index (χ2v) is 7.07. The Labute approximate surface area is 151 Å². The third kappa shape index (κ3) is 4.62. The summed E-state index contributed by atoms with van der Waals surface area (Å²) in [6, 6.07) is 16.8. The van der Waals surface area contributed by atoms with Crippen molar-refractivity contribution in [2.24, 2.45) is 0 Å². The molecule has 0 spiro atoms. The first-order valence-electron chi connectivity index (χ1n) is 9.36. The summed E-state index contributed by atoms with van der Waals surface area (Å²) in [5, 5.41) is 10.4. The molecule has 3 nitrogen and oxygen atoms in total. The van der Waals surface area contributed by atoms with Gasteiger partial charge in [-0.15, -0.1) is 0 Å². The number of para-hydroxylation sites is 1. The van der Waals surface area contributed by atoms with Gasteiger partial charge in [-0.05, 0) is 41.5 Å². The highest BCUT2D eigenvalue weighted by Gasteiger charge is 2.19. The van der Waals surface area contributed by atoms with Crippen LogP contribution >= 0.6 is 0 Å². The van der Waals surface area contributed by atoms with Crippen molar-refractivity contribution in [2.75, 3.05) is 19.7 Å². The summed E-state index contributed by atoms with van der Waals surface area (Å²) in [5.74, 6) is 1.37. The predicted octanol–water partition coefficient (Wildman–Crippen LogP) is 4.00. The van der Waals surface area contributed by atoms with Crippen LogP contribution < -0.4 is 4.74 Å². The van der Waals surface area contributed by atoms with Gasteiger partial charge in [-0.1, -0.05) is 56.3 Å². The molecule has 0 bridgehead atoms. The van der Waals surface area contributed by atoms with Crippen molar-refractivity contribution >= 4 is 0 Å². The zero-order valence-electron chi connectivity index (χ0n) is 15.3. The molecule has 0 aromatic heterocycles. The van der Waals surface area contributed by atoms with E-state index in [0.29, 0.717) is 19.1 Å². The van der Waals surface area contributed by atoms with E-state index in [9.17, 15) is 5.11 Å². The maximum Gasteiger partial charge on any atom is 0.122 e. The van der Waals surface area contributed by atoms with E-state index < -0.39 is 6.10 Å². The van der Waals surface area contributed by atoms with E-state index in [1.807, 2.05) is 12.1 Å². The molecule has 3 heteroatoms. The van der Waals surface area contributed by atoms with E-state index in [0.717, 1.165) is 31.7 Å². The van der Waals surface area contributed by atoms with Gasteiger partial charge in [0.15, 0.2) is 0 Å². The Morgan fingerprint density at radius 1 is 1.08 bits per heavy atom. The number of rotatable bonds is 7. The lowest BCUT2D eigenvalue weighted by Crippen LogP contribution is -2.38. The average molecular weight is 339 g/mol.